The number of pyridine rings is 1. The largest absolute Gasteiger partial charge is 0.619 e. The van der Waals surface area contributed by atoms with Crippen molar-refractivity contribution in [3.63, 3.8) is 0 Å². The highest BCUT2D eigenvalue weighted by molar-refractivity contribution is 7.99. The van der Waals surface area contributed by atoms with E-state index < -0.39 is 5.97 Å². The minimum absolute atomic E-state index is 0.216. The number of carbonyl (C=O) groups is 2. The molecule has 6 nitrogen and oxygen atoms in total. The standard InChI is InChI=1S/C16H15ClN2O4S/c17-13-1-3-14(4-2-13)24-10-7-18-15(20)11-23-16(21)12-5-8-19(22)9-6-12/h1-6,8-9H,7,10-11H2,(H,18,20). The van der Waals surface area contributed by atoms with Crippen LogP contribution in [0, 0.1) is 5.21 Å². The molecule has 0 saturated heterocycles. The number of halogens is 1. The summed E-state index contributed by atoms with van der Waals surface area (Å²) in [4.78, 5) is 24.3. The summed E-state index contributed by atoms with van der Waals surface area (Å²) in [6.45, 7) is 0.0852. The molecule has 0 fully saturated rings. The van der Waals surface area contributed by atoms with E-state index in [-0.39, 0.29) is 18.1 Å². The Morgan fingerprint density at radius 3 is 2.50 bits per heavy atom. The lowest BCUT2D eigenvalue weighted by Gasteiger charge is -2.06. The minimum atomic E-state index is -0.652. The lowest BCUT2D eigenvalue weighted by atomic mass is 10.3. The van der Waals surface area contributed by atoms with E-state index in [2.05, 4.69) is 5.32 Å². The van der Waals surface area contributed by atoms with Crippen LogP contribution in [-0.2, 0) is 9.53 Å². The molecule has 0 unspecified atom stereocenters. The fraction of sp³-hybridized carbons (Fsp3) is 0.188. The number of amides is 1. The molecule has 126 valence electrons. The van der Waals surface area contributed by atoms with Crippen LogP contribution in [0.5, 0.6) is 0 Å². The van der Waals surface area contributed by atoms with Gasteiger partial charge < -0.3 is 15.3 Å². The van der Waals surface area contributed by atoms with Gasteiger partial charge in [-0.3, -0.25) is 4.79 Å². The van der Waals surface area contributed by atoms with Crippen LogP contribution in [0.3, 0.4) is 0 Å². The molecule has 24 heavy (non-hydrogen) atoms. The monoisotopic (exact) mass is 366 g/mol. The number of thioether (sulfide) groups is 1. The Kier molecular flexibility index (Phi) is 6.89. The zero-order valence-corrected chi connectivity index (χ0v) is 14.2. The molecule has 2 aromatic rings. The summed E-state index contributed by atoms with van der Waals surface area (Å²) in [6.07, 6.45) is 2.37. The third-order valence-electron chi connectivity index (χ3n) is 2.88. The number of nitrogens with one attached hydrogen (secondary N) is 1. The Hall–Kier alpha value is -2.25. The SMILES string of the molecule is O=C(COC(=O)c1cc[n+]([O-])cc1)NCCSc1ccc(Cl)cc1. The topological polar surface area (TPSA) is 82.3 Å². The van der Waals surface area contributed by atoms with E-state index in [9.17, 15) is 14.8 Å². The lowest BCUT2D eigenvalue weighted by molar-refractivity contribution is -0.605. The Morgan fingerprint density at radius 1 is 1.17 bits per heavy atom. The van der Waals surface area contributed by atoms with Crippen LogP contribution in [0.25, 0.3) is 0 Å². The van der Waals surface area contributed by atoms with Gasteiger partial charge in [0, 0.05) is 34.3 Å². The van der Waals surface area contributed by atoms with Gasteiger partial charge in [0.2, 0.25) is 0 Å². The summed E-state index contributed by atoms with van der Waals surface area (Å²) < 4.78 is 5.43. The zero-order chi connectivity index (χ0) is 17.4. The minimum Gasteiger partial charge on any atom is -0.619 e. The molecule has 0 radical (unpaired) electrons. The molecule has 1 heterocycles. The molecule has 0 spiro atoms. The van der Waals surface area contributed by atoms with Crippen LogP contribution < -0.4 is 10.0 Å². The molecule has 0 aliphatic rings. The van der Waals surface area contributed by atoms with Crippen LogP contribution in [0.1, 0.15) is 10.4 Å². The molecule has 1 aromatic carbocycles. The average molecular weight is 367 g/mol. The number of benzene rings is 1. The fourth-order valence-electron chi connectivity index (χ4n) is 1.70. The normalized spacial score (nSPS) is 10.2. The molecule has 1 aromatic heterocycles. The van der Waals surface area contributed by atoms with Crippen molar-refractivity contribution in [2.45, 2.75) is 4.90 Å². The number of ether oxygens (including phenoxy) is 1. The highest BCUT2D eigenvalue weighted by atomic mass is 35.5. The molecule has 0 saturated carbocycles. The lowest BCUT2D eigenvalue weighted by Crippen LogP contribution is -2.30. The molecule has 0 aliphatic carbocycles. The van der Waals surface area contributed by atoms with Gasteiger partial charge in [-0.2, -0.15) is 4.73 Å². The van der Waals surface area contributed by atoms with Crippen molar-refractivity contribution < 1.29 is 19.1 Å². The first-order valence-corrected chi connectivity index (χ1v) is 8.42. The summed E-state index contributed by atoms with van der Waals surface area (Å²) in [7, 11) is 0. The number of aromatic nitrogens is 1. The summed E-state index contributed by atoms with van der Waals surface area (Å²) >= 11 is 7.38. The van der Waals surface area contributed by atoms with Crippen molar-refractivity contribution in [2.24, 2.45) is 0 Å². The third-order valence-corrected chi connectivity index (χ3v) is 4.14. The quantitative estimate of drug-likeness (QED) is 0.266. The first-order chi connectivity index (χ1) is 11.5. The van der Waals surface area contributed by atoms with Gasteiger partial charge in [-0.1, -0.05) is 11.6 Å². The summed E-state index contributed by atoms with van der Waals surface area (Å²) in [5.74, 6) is -0.347. The van der Waals surface area contributed by atoms with Crippen molar-refractivity contribution in [3.05, 3.63) is 64.6 Å². The van der Waals surface area contributed by atoms with Gasteiger partial charge in [-0.05, 0) is 24.3 Å². The molecule has 0 aliphatic heterocycles. The first kappa shape index (κ1) is 18.1. The number of hydrogen-bond donors (Lipinski definition) is 1. The van der Waals surface area contributed by atoms with Crippen molar-refractivity contribution in [3.8, 4) is 0 Å². The number of hydrogen-bond acceptors (Lipinski definition) is 5. The van der Waals surface area contributed by atoms with E-state index in [1.165, 1.54) is 24.5 Å². The highest BCUT2D eigenvalue weighted by Gasteiger charge is 2.10. The number of carbonyl (C=O) groups excluding carboxylic acids is 2. The Labute approximate surface area is 148 Å². The van der Waals surface area contributed by atoms with Crippen LogP contribution in [0.15, 0.2) is 53.7 Å². The molecule has 1 N–H and O–H groups in total. The Balaban J connectivity index is 1.63. The first-order valence-electron chi connectivity index (χ1n) is 7.05. The molecule has 8 heteroatoms. The average Bonchev–Trinajstić information content (AvgIpc) is 2.59. The third kappa shape index (κ3) is 6.10. The maximum Gasteiger partial charge on any atom is 0.339 e. The van der Waals surface area contributed by atoms with Gasteiger partial charge in [0.05, 0.1) is 5.56 Å². The smallest absolute Gasteiger partial charge is 0.339 e. The fourth-order valence-corrected chi connectivity index (χ4v) is 2.60. The van der Waals surface area contributed by atoms with Gasteiger partial charge in [0.15, 0.2) is 19.0 Å². The summed E-state index contributed by atoms with van der Waals surface area (Å²) in [5.41, 5.74) is 0.216. The molecular weight excluding hydrogens is 352 g/mol. The second-order valence-electron chi connectivity index (χ2n) is 4.68. The van der Waals surface area contributed by atoms with Gasteiger partial charge in [-0.25, -0.2) is 4.79 Å². The van der Waals surface area contributed by atoms with Gasteiger partial charge in [0.1, 0.15) is 0 Å². The van der Waals surface area contributed by atoms with Crippen LogP contribution in [0.2, 0.25) is 5.02 Å². The van der Waals surface area contributed by atoms with Gasteiger partial charge >= 0.3 is 5.97 Å². The maximum absolute atomic E-state index is 11.7. The van der Waals surface area contributed by atoms with E-state index in [0.717, 1.165) is 4.90 Å². The highest BCUT2D eigenvalue weighted by Crippen LogP contribution is 2.19. The molecule has 0 atom stereocenters. The van der Waals surface area contributed by atoms with Crippen molar-refractivity contribution >= 4 is 35.2 Å². The van der Waals surface area contributed by atoms with Gasteiger partial charge in [-0.15, -0.1) is 11.8 Å². The Bertz CT molecular complexity index is 692. The Morgan fingerprint density at radius 2 is 1.83 bits per heavy atom. The zero-order valence-electron chi connectivity index (χ0n) is 12.6. The second-order valence-corrected chi connectivity index (χ2v) is 6.28. The second kappa shape index (κ2) is 9.14. The number of nitrogens with zero attached hydrogens (tertiary/aromatic N) is 1. The van der Waals surface area contributed by atoms with Crippen molar-refractivity contribution in [1.29, 1.82) is 0 Å². The number of rotatable bonds is 7. The molecular formula is C16H15ClN2O4S. The maximum atomic E-state index is 11.7. The van der Waals surface area contributed by atoms with Gasteiger partial charge in [0.25, 0.3) is 5.91 Å². The molecule has 1 amide bonds. The van der Waals surface area contributed by atoms with Crippen LogP contribution >= 0.6 is 23.4 Å². The predicted octanol–water partition coefficient (Wildman–Crippen LogP) is 2.04. The van der Waals surface area contributed by atoms with Crippen molar-refractivity contribution in [2.75, 3.05) is 18.9 Å². The van der Waals surface area contributed by atoms with E-state index in [4.69, 9.17) is 16.3 Å². The van der Waals surface area contributed by atoms with E-state index in [0.29, 0.717) is 22.1 Å². The van der Waals surface area contributed by atoms with Crippen LogP contribution in [0.4, 0.5) is 0 Å². The number of esters is 1. The van der Waals surface area contributed by atoms with Crippen LogP contribution in [-0.4, -0.2) is 30.8 Å². The predicted molar refractivity (Wildman–Crippen MR) is 90.9 cm³/mol. The van der Waals surface area contributed by atoms with E-state index >= 15 is 0 Å². The van der Waals surface area contributed by atoms with E-state index in [1.54, 1.807) is 23.9 Å². The van der Waals surface area contributed by atoms with E-state index in [1.807, 2.05) is 12.1 Å². The molecule has 2 rings (SSSR count). The van der Waals surface area contributed by atoms with Crippen molar-refractivity contribution in [1.82, 2.24) is 5.32 Å². The molecule has 0 bridgehead atoms. The summed E-state index contributed by atoms with van der Waals surface area (Å²) in [6, 6.07) is 10.1. The summed E-state index contributed by atoms with van der Waals surface area (Å²) in [5, 5.41) is 14.2.